The van der Waals surface area contributed by atoms with Crippen LogP contribution in [-0.4, -0.2) is 45.1 Å². The number of anilines is 1. The Labute approximate surface area is 123 Å². The summed E-state index contributed by atoms with van der Waals surface area (Å²) >= 11 is 0. The van der Waals surface area contributed by atoms with Crippen LogP contribution in [0.3, 0.4) is 0 Å². The predicted molar refractivity (Wildman–Crippen MR) is 77.1 cm³/mol. The molecular weight excluding hydrogens is 266 g/mol. The van der Waals surface area contributed by atoms with E-state index < -0.39 is 0 Å². The van der Waals surface area contributed by atoms with Crippen molar-refractivity contribution in [3.63, 3.8) is 0 Å². The van der Waals surface area contributed by atoms with Crippen molar-refractivity contribution in [2.45, 2.75) is 31.3 Å². The molecule has 2 aromatic heterocycles. The average Bonchev–Trinajstić information content (AvgIpc) is 3.21. The molecule has 2 aliphatic carbocycles. The lowest BCUT2D eigenvalue weighted by Crippen LogP contribution is -2.55. The van der Waals surface area contributed by atoms with Gasteiger partial charge in [-0.25, -0.2) is 0 Å². The summed E-state index contributed by atoms with van der Waals surface area (Å²) in [6, 6.07) is 4.04. The van der Waals surface area contributed by atoms with Crippen LogP contribution in [0.15, 0.2) is 18.5 Å². The van der Waals surface area contributed by atoms with Crippen LogP contribution >= 0.6 is 0 Å². The molecule has 5 rings (SSSR count). The highest BCUT2D eigenvalue weighted by molar-refractivity contribution is 5.45. The summed E-state index contributed by atoms with van der Waals surface area (Å²) in [5.74, 6) is 2.65. The lowest BCUT2D eigenvalue weighted by Gasteiger charge is -2.45. The van der Waals surface area contributed by atoms with Crippen molar-refractivity contribution in [3.05, 3.63) is 18.5 Å². The summed E-state index contributed by atoms with van der Waals surface area (Å²) in [7, 11) is 0. The monoisotopic (exact) mass is 285 g/mol. The summed E-state index contributed by atoms with van der Waals surface area (Å²) in [5.41, 5.74) is 0.881. The summed E-state index contributed by atoms with van der Waals surface area (Å²) in [4.78, 5) is 2.38. The summed E-state index contributed by atoms with van der Waals surface area (Å²) in [6.07, 6.45) is 7.01. The number of fused-ring (bicyclic) bond motifs is 4. The molecule has 1 aliphatic heterocycles. The van der Waals surface area contributed by atoms with Gasteiger partial charge >= 0.3 is 0 Å². The summed E-state index contributed by atoms with van der Waals surface area (Å²) in [5, 5.41) is 12.5. The predicted octanol–water partition coefficient (Wildman–Crippen LogP) is 1.52. The molecule has 0 unspecified atom stereocenters. The van der Waals surface area contributed by atoms with Gasteiger partial charge in [-0.1, -0.05) is 0 Å². The minimum absolute atomic E-state index is 0.0883. The first-order valence-corrected chi connectivity index (χ1v) is 7.88. The average molecular weight is 285 g/mol. The number of hydrogen-bond donors (Lipinski definition) is 0. The minimum atomic E-state index is 0.0883. The third-order valence-corrected chi connectivity index (χ3v) is 5.60. The number of ether oxygens (including phenoxy) is 1. The molecule has 3 aliphatic rings. The molecule has 21 heavy (non-hydrogen) atoms. The Hall–Kier alpha value is -1.69. The van der Waals surface area contributed by atoms with Crippen LogP contribution in [0.4, 0.5) is 5.82 Å². The Morgan fingerprint density at radius 1 is 1.29 bits per heavy atom. The lowest BCUT2D eigenvalue weighted by atomic mass is 9.82. The van der Waals surface area contributed by atoms with Crippen LogP contribution in [0.25, 0.3) is 5.65 Å². The first kappa shape index (κ1) is 11.9. The van der Waals surface area contributed by atoms with E-state index in [4.69, 9.17) is 4.74 Å². The fraction of sp³-hybridized carbons (Fsp3) is 0.667. The molecule has 3 fully saturated rings. The van der Waals surface area contributed by atoms with Crippen LogP contribution in [0.1, 0.15) is 25.7 Å². The van der Waals surface area contributed by atoms with E-state index in [1.165, 1.54) is 25.7 Å². The zero-order valence-electron chi connectivity index (χ0n) is 12.0. The second kappa shape index (κ2) is 4.16. The topological polar surface area (TPSA) is 55.5 Å². The Balaban J connectivity index is 1.46. The summed E-state index contributed by atoms with van der Waals surface area (Å²) in [6.45, 7) is 2.71. The third-order valence-electron chi connectivity index (χ3n) is 5.60. The number of nitrogens with zero attached hydrogens (tertiary/aromatic N) is 5. The fourth-order valence-corrected chi connectivity index (χ4v) is 4.65. The molecule has 3 atom stereocenters. The molecular formula is C15H19N5O. The third kappa shape index (κ3) is 1.71. The molecule has 0 N–H and O–H groups in total. The Morgan fingerprint density at radius 2 is 2.29 bits per heavy atom. The van der Waals surface area contributed by atoms with Crippen molar-refractivity contribution in [1.82, 2.24) is 19.8 Å². The van der Waals surface area contributed by atoms with E-state index in [0.717, 1.165) is 43.0 Å². The molecule has 1 saturated heterocycles. The van der Waals surface area contributed by atoms with Gasteiger partial charge in [-0.3, -0.25) is 0 Å². The zero-order chi connectivity index (χ0) is 13.9. The minimum Gasteiger partial charge on any atom is -0.371 e. The molecule has 110 valence electrons. The number of rotatable bonds is 1. The highest BCUT2D eigenvalue weighted by Crippen LogP contribution is 2.53. The Kier molecular flexibility index (Phi) is 2.36. The van der Waals surface area contributed by atoms with Crippen LogP contribution < -0.4 is 4.90 Å². The molecule has 2 aromatic rings. The second-order valence-electron chi connectivity index (χ2n) is 6.74. The number of morpholine rings is 1. The Bertz CT molecular complexity index is 686. The molecule has 2 saturated carbocycles. The Morgan fingerprint density at radius 3 is 3.14 bits per heavy atom. The smallest absolute Gasteiger partial charge is 0.177 e. The quantitative estimate of drug-likeness (QED) is 0.795. The van der Waals surface area contributed by atoms with E-state index in [1.54, 1.807) is 10.8 Å². The maximum atomic E-state index is 6.28. The molecule has 0 aromatic carbocycles. The van der Waals surface area contributed by atoms with Crippen molar-refractivity contribution < 1.29 is 4.74 Å². The number of aromatic nitrogens is 4. The summed E-state index contributed by atoms with van der Waals surface area (Å²) < 4.78 is 8.03. The molecule has 6 heteroatoms. The van der Waals surface area contributed by atoms with E-state index in [1.807, 2.05) is 6.07 Å². The van der Waals surface area contributed by atoms with E-state index in [-0.39, 0.29) is 5.60 Å². The largest absolute Gasteiger partial charge is 0.371 e. The van der Waals surface area contributed by atoms with Crippen LogP contribution in [0.5, 0.6) is 0 Å². The van der Waals surface area contributed by atoms with Gasteiger partial charge < -0.3 is 9.64 Å². The van der Waals surface area contributed by atoms with Crippen LogP contribution in [-0.2, 0) is 4.74 Å². The van der Waals surface area contributed by atoms with Gasteiger partial charge in [0.2, 0.25) is 0 Å². The molecule has 1 spiro atoms. The van der Waals surface area contributed by atoms with Gasteiger partial charge in [0.25, 0.3) is 0 Å². The molecule has 6 nitrogen and oxygen atoms in total. The van der Waals surface area contributed by atoms with E-state index in [9.17, 15) is 0 Å². The van der Waals surface area contributed by atoms with Gasteiger partial charge in [0.1, 0.15) is 12.1 Å². The van der Waals surface area contributed by atoms with Crippen molar-refractivity contribution in [2.24, 2.45) is 11.8 Å². The molecule has 3 heterocycles. The van der Waals surface area contributed by atoms with E-state index in [0.29, 0.717) is 0 Å². The van der Waals surface area contributed by atoms with E-state index in [2.05, 4.69) is 26.3 Å². The van der Waals surface area contributed by atoms with Crippen molar-refractivity contribution in [3.8, 4) is 0 Å². The van der Waals surface area contributed by atoms with Gasteiger partial charge in [0, 0.05) is 13.1 Å². The van der Waals surface area contributed by atoms with Crippen molar-refractivity contribution in [2.75, 3.05) is 24.6 Å². The highest BCUT2D eigenvalue weighted by Gasteiger charge is 2.53. The van der Waals surface area contributed by atoms with Crippen LogP contribution in [0, 0.1) is 11.8 Å². The lowest BCUT2D eigenvalue weighted by molar-refractivity contribution is -0.0911. The first-order valence-electron chi connectivity index (χ1n) is 7.88. The van der Waals surface area contributed by atoms with Gasteiger partial charge in [-0.2, -0.15) is 4.52 Å². The molecule has 0 radical (unpaired) electrons. The van der Waals surface area contributed by atoms with Gasteiger partial charge in [-0.05, 0) is 49.7 Å². The van der Waals surface area contributed by atoms with Gasteiger partial charge in [0.15, 0.2) is 5.65 Å². The number of hydrogen-bond acceptors (Lipinski definition) is 5. The first-order chi connectivity index (χ1) is 10.3. The maximum Gasteiger partial charge on any atom is 0.177 e. The van der Waals surface area contributed by atoms with E-state index >= 15 is 0 Å². The van der Waals surface area contributed by atoms with Gasteiger partial charge in [0.05, 0.1) is 12.2 Å². The normalized spacial score (nSPS) is 35.1. The molecule has 2 bridgehead atoms. The highest BCUT2D eigenvalue weighted by atomic mass is 16.5. The second-order valence-corrected chi connectivity index (χ2v) is 6.74. The standard InChI is InChI=1S/C15H19N5O/c1-2-12-7-11(1)8-15(12)9-19(5-6-21-15)14-4-3-13-17-16-10-20(13)18-14/h3-4,10-12H,1-2,5-9H2/t11-,12-,15-/m0/s1. The SMILES string of the molecule is c1cc2nncn2nc1N1CCO[C@@]2(C[C@H]3CC[C@H]2C3)C1. The fourth-order valence-electron chi connectivity index (χ4n) is 4.65. The van der Waals surface area contributed by atoms with Crippen LogP contribution in [0.2, 0.25) is 0 Å². The maximum absolute atomic E-state index is 6.28. The van der Waals surface area contributed by atoms with Gasteiger partial charge in [-0.15, -0.1) is 15.3 Å². The van der Waals surface area contributed by atoms with Crippen molar-refractivity contribution in [1.29, 1.82) is 0 Å². The molecule has 0 amide bonds. The van der Waals surface area contributed by atoms with Crippen molar-refractivity contribution >= 4 is 11.5 Å². The zero-order valence-corrected chi connectivity index (χ0v) is 12.0.